The van der Waals surface area contributed by atoms with E-state index in [0.717, 1.165) is 12.5 Å². The third-order valence-electron chi connectivity index (χ3n) is 4.44. The van der Waals surface area contributed by atoms with Crippen molar-refractivity contribution in [2.24, 2.45) is 5.92 Å². The van der Waals surface area contributed by atoms with Crippen LogP contribution < -0.4 is 5.32 Å². The molecule has 1 N–H and O–H groups in total. The lowest BCUT2D eigenvalue weighted by Gasteiger charge is -2.38. The van der Waals surface area contributed by atoms with E-state index in [1.807, 2.05) is 7.11 Å². The fourth-order valence-corrected chi connectivity index (χ4v) is 3.22. The highest BCUT2D eigenvalue weighted by atomic mass is 16.5. The van der Waals surface area contributed by atoms with Crippen LogP contribution in [-0.4, -0.2) is 49.8 Å². The number of nitrogens with zero attached hydrogens (tertiary/aromatic N) is 1. The maximum atomic E-state index is 5.46. The van der Waals surface area contributed by atoms with Gasteiger partial charge < -0.3 is 10.1 Å². The molecular weight excluding hydrogens is 224 g/mol. The second-order valence-electron chi connectivity index (χ2n) is 6.30. The lowest BCUT2D eigenvalue weighted by Crippen LogP contribution is -2.51. The molecule has 3 heteroatoms. The van der Waals surface area contributed by atoms with Gasteiger partial charge in [0.05, 0.1) is 6.61 Å². The van der Waals surface area contributed by atoms with Gasteiger partial charge in [0.15, 0.2) is 0 Å². The number of piperidine rings is 1. The number of hydrogen-bond donors (Lipinski definition) is 1. The highest BCUT2D eigenvalue weighted by Gasteiger charge is 2.37. The van der Waals surface area contributed by atoms with Gasteiger partial charge >= 0.3 is 0 Å². The third kappa shape index (κ3) is 3.94. The van der Waals surface area contributed by atoms with Crippen LogP contribution in [0, 0.1) is 5.92 Å². The summed E-state index contributed by atoms with van der Waals surface area (Å²) in [6, 6.07) is 1.95. The van der Waals surface area contributed by atoms with E-state index in [-0.39, 0.29) is 0 Å². The SMILES string of the molecule is COCC(C1CC1)N(CC1CCCCN1)C(C)C. The minimum atomic E-state index is 0.620. The van der Waals surface area contributed by atoms with Crippen molar-refractivity contribution in [3.8, 4) is 0 Å². The summed E-state index contributed by atoms with van der Waals surface area (Å²) in [5.41, 5.74) is 0. The standard InChI is InChI=1S/C15H30N2O/c1-12(2)17(10-14-6-4-5-9-16-14)15(11-18-3)13-7-8-13/h12-16H,4-11H2,1-3H3. The molecule has 2 aliphatic rings. The minimum absolute atomic E-state index is 0.620. The summed E-state index contributed by atoms with van der Waals surface area (Å²) in [4.78, 5) is 2.68. The number of ether oxygens (including phenoxy) is 1. The Balaban J connectivity index is 1.92. The molecule has 2 rings (SSSR count). The first-order valence-electron chi connectivity index (χ1n) is 7.70. The van der Waals surface area contributed by atoms with Gasteiger partial charge in [0, 0.05) is 31.8 Å². The zero-order valence-corrected chi connectivity index (χ0v) is 12.3. The van der Waals surface area contributed by atoms with Crippen LogP contribution in [0.3, 0.4) is 0 Å². The van der Waals surface area contributed by atoms with Crippen molar-refractivity contribution < 1.29 is 4.74 Å². The molecule has 2 fully saturated rings. The molecule has 1 aliphatic heterocycles. The second-order valence-corrected chi connectivity index (χ2v) is 6.30. The van der Waals surface area contributed by atoms with E-state index < -0.39 is 0 Å². The molecule has 0 aromatic heterocycles. The molecule has 0 aromatic rings. The number of methoxy groups -OCH3 is 1. The number of rotatable bonds is 7. The van der Waals surface area contributed by atoms with Crippen LogP contribution in [-0.2, 0) is 4.74 Å². The van der Waals surface area contributed by atoms with Gasteiger partial charge in [-0.05, 0) is 52.0 Å². The van der Waals surface area contributed by atoms with E-state index in [4.69, 9.17) is 4.74 Å². The van der Waals surface area contributed by atoms with E-state index in [1.165, 1.54) is 45.2 Å². The quantitative estimate of drug-likeness (QED) is 0.754. The topological polar surface area (TPSA) is 24.5 Å². The average Bonchev–Trinajstić information content (AvgIpc) is 3.19. The highest BCUT2D eigenvalue weighted by molar-refractivity contribution is 4.91. The number of hydrogen-bond acceptors (Lipinski definition) is 3. The zero-order chi connectivity index (χ0) is 13.0. The van der Waals surface area contributed by atoms with E-state index in [2.05, 4.69) is 24.1 Å². The lowest BCUT2D eigenvalue weighted by atomic mass is 10.0. The molecular formula is C15H30N2O. The minimum Gasteiger partial charge on any atom is -0.383 e. The van der Waals surface area contributed by atoms with Gasteiger partial charge in [-0.15, -0.1) is 0 Å². The smallest absolute Gasteiger partial charge is 0.0620 e. The van der Waals surface area contributed by atoms with Gasteiger partial charge in [0.25, 0.3) is 0 Å². The molecule has 1 aliphatic carbocycles. The highest BCUT2D eigenvalue weighted by Crippen LogP contribution is 2.36. The van der Waals surface area contributed by atoms with Crippen LogP contribution in [0.1, 0.15) is 46.0 Å². The van der Waals surface area contributed by atoms with Crippen LogP contribution in [0.4, 0.5) is 0 Å². The Labute approximate surface area is 112 Å². The van der Waals surface area contributed by atoms with Crippen molar-refractivity contribution in [1.29, 1.82) is 0 Å². The van der Waals surface area contributed by atoms with Gasteiger partial charge in [-0.3, -0.25) is 4.90 Å². The summed E-state index contributed by atoms with van der Waals surface area (Å²) in [5, 5.41) is 3.68. The van der Waals surface area contributed by atoms with Crippen LogP contribution >= 0.6 is 0 Å². The second kappa shape index (κ2) is 6.88. The van der Waals surface area contributed by atoms with Crippen molar-refractivity contribution in [2.75, 3.05) is 26.8 Å². The van der Waals surface area contributed by atoms with E-state index >= 15 is 0 Å². The predicted molar refractivity (Wildman–Crippen MR) is 75.9 cm³/mol. The Kier molecular flexibility index (Phi) is 5.46. The van der Waals surface area contributed by atoms with Crippen LogP contribution in [0.2, 0.25) is 0 Å². The summed E-state index contributed by atoms with van der Waals surface area (Å²) in [6.07, 6.45) is 6.88. The van der Waals surface area contributed by atoms with Crippen molar-refractivity contribution >= 4 is 0 Å². The first-order valence-corrected chi connectivity index (χ1v) is 7.70. The molecule has 106 valence electrons. The maximum absolute atomic E-state index is 5.46. The molecule has 2 atom stereocenters. The van der Waals surface area contributed by atoms with E-state index in [9.17, 15) is 0 Å². The molecule has 0 aromatic carbocycles. The Bertz CT molecular complexity index is 235. The molecule has 1 saturated carbocycles. The predicted octanol–water partition coefficient (Wildman–Crippen LogP) is 2.26. The van der Waals surface area contributed by atoms with Crippen molar-refractivity contribution in [3.63, 3.8) is 0 Å². The van der Waals surface area contributed by atoms with Crippen LogP contribution in [0.5, 0.6) is 0 Å². The molecule has 0 bridgehead atoms. The largest absolute Gasteiger partial charge is 0.383 e. The van der Waals surface area contributed by atoms with E-state index in [0.29, 0.717) is 18.1 Å². The Hall–Kier alpha value is -0.120. The normalized spacial score (nSPS) is 26.8. The first kappa shape index (κ1) is 14.3. The monoisotopic (exact) mass is 254 g/mol. The maximum Gasteiger partial charge on any atom is 0.0620 e. The van der Waals surface area contributed by atoms with Gasteiger partial charge in [0.1, 0.15) is 0 Å². The van der Waals surface area contributed by atoms with E-state index in [1.54, 1.807) is 0 Å². The fraction of sp³-hybridized carbons (Fsp3) is 1.00. The Morgan fingerprint density at radius 2 is 2.00 bits per heavy atom. The lowest BCUT2D eigenvalue weighted by molar-refractivity contribution is 0.0485. The van der Waals surface area contributed by atoms with Gasteiger partial charge in [-0.2, -0.15) is 0 Å². The molecule has 0 spiro atoms. The summed E-state index contributed by atoms with van der Waals surface area (Å²) >= 11 is 0. The Morgan fingerprint density at radius 3 is 2.50 bits per heavy atom. The summed E-state index contributed by atoms with van der Waals surface area (Å²) in [5.74, 6) is 0.885. The third-order valence-corrected chi connectivity index (χ3v) is 4.44. The molecule has 1 saturated heterocycles. The molecule has 0 amide bonds. The molecule has 1 heterocycles. The molecule has 18 heavy (non-hydrogen) atoms. The summed E-state index contributed by atoms with van der Waals surface area (Å²) in [6.45, 7) is 7.95. The first-order chi connectivity index (χ1) is 8.72. The van der Waals surface area contributed by atoms with Gasteiger partial charge in [0.2, 0.25) is 0 Å². The van der Waals surface area contributed by atoms with Gasteiger partial charge in [-0.1, -0.05) is 6.42 Å². The summed E-state index contributed by atoms with van der Waals surface area (Å²) in [7, 11) is 1.84. The van der Waals surface area contributed by atoms with Crippen LogP contribution in [0.25, 0.3) is 0 Å². The average molecular weight is 254 g/mol. The molecule has 0 radical (unpaired) electrons. The molecule has 2 unspecified atom stereocenters. The van der Waals surface area contributed by atoms with Crippen molar-refractivity contribution in [1.82, 2.24) is 10.2 Å². The number of nitrogens with one attached hydrogen (secondary N) is 1. The molecule has 3 nitrogen and oxygen atoms in total. The van der Waals surface area contributed by atoms with Crippen molar-refractivity contribution in [3.05, 3.63) is 0 Å². The van der Waals surface area contributed by atoms with Gasteiger partial charge in [-0.25, -0.2) is 0 Å². The fourth-order valence-electron chi connectivity index (χ4n) is 3.22. The summed E-state index contributed by atoms with van der Waals surface area (Å²) < 4.78 is 5.46. The Morgan fingerprint density at radius 1 is 1.22 bits per heavy atom. The zero-order valence-electron chi connectivity index (χ0n) is 12.3. The van der Waals surface area contributed by atoms with Crippen LogP contribution in [0.15, 0.2) is 0 Å². The van der Waals surface area contributed by atoms with Crippen molar-refractivity contribution in [2.45, 2.75) is 64.1 Å².